The molecule has 0 unspecified atom stereocenters. The van der Waals surface area contributed by atoms with Gasteiger partial charge in [0.2, 0.25) is 0 Å². The lowest BCUT2D eigenvalue weighted by Crippen LogP contribution is -2.34. The van der Waals surface area contributed by atoms with Crippen molar-refractivity contribution in [2.45, 2.75) is 6.17 Å². The second-order valence-corrected chi connectivity index (χ2v) is 16.4. The molecule has 1 atom stereocenters. The van der Waals surface area contributed by atoms with Crippen LogP contribution in [0.25, 0.3) is 93.1 Å². The van der Waals surface area contributed by atoms with Crippen LogP contribution in [0.1, 0.15) is 22.9 Å². The molecule has 11 aromatic rings. The molecule has 0 aliphatic heterocycles. The molecule has 0 aliphatic rings. The predicted molar refractivity (Wildman–Crippen MR) is 260 cm³/mol. The summed E-state index contributed by atoms with van der Waals surface area (Å²) in [6.45, 7) is 4.26. The van der Waals surface area contributed by atoms with E-state index < -0.39 is 6.17 Å². The molecule has 0 fully saturated rings. The summed E-state index contributed by atoms with van der Waals surface area (Å²) >= 11 is 1.75. The van der Waals surface area contributed by atoms with Crippen molar-refractivity contribution in [3.63, 3.8) is 0 Å². The van der Waals surface area contributed by atoms with E-state index in [-0.39, 0.29) is 0 Å². The first-order chi connectivity index (χ1) is 31.0. The van der Waals surface area contributed by atoms with Crippen LogP contribution in [0.15, 0.2) is 210 Å². The molecule has 0 saturated carbocycles. The zero-order chi connectivity index (χ0) is 42.3. The molecule has 3 aromatic heterocycles. The van der Waals surface area contributed by atoms with Crippen LogP contribution >= 0.6 is 11.3 Å². The number of rotatable bonds is 9. The molecule has 0 amide bonds. The number of fused-ring (bicyclic) bond motifs is 6. The average Bonchev–Trinajstić information content (AvgIpc) is 3.93. The maximum absolute atomic E-state index is 6.89. The Balaban J connectivity index is 1.02. The van der Waals surface area contributed by atoms with Crippen LogP contribution in [0.4, 0.5) is 0 Å². The molecule has 0 saturated heterocycles. The van der Waals surface area contributed by atoms with Crippen molar-refractivity contribution < 1.29 is 4.42 Å². The number of hydrogen-bond donors (Lipinski definition) is 2. The van der Waals surface area contributed by atoms with Gasteiger partial charge in [-0.1, -0.05) is 170 Å². The monoisotopic (exact) mass is 830 g/mol. The van der Waals surface area contributed by atoms with E-state index in [1.54, 1.807) is 11.3 Å². The minimum atomic E-state index is -0.545. The molecule has 3 N–H and O–H groups in total. The molecule has 8 heteroatoms. The fourth-order valence-corrected chi connectivity index (χ4v) is 9.33. The lowest BCUT2D eigenvalue weighted by Gasteiger charge is -2.19. The summed E-state index contributed by atoms with van der Waals surface area (Å²) in [4.78, 5) is 20.5. The molecule has 0 spiro atoms. The first kappa shape index (κ1) is 37.9. The van der Waals surface area contributed by atoms with Gasteiger partial charge in [-0.05, 0) is 52.6 Å². The fourth-order valence-electron chi connectivity index (χ4n) is 8.14. The van der Waals surface area contributed by atoms with E-state index in [1.165, 1.54) is 10.1 Å². The van der Waals surface area contributed by atoms with Gasteiger partial charge in [0.05, 0.1) is 11.3 Å². The predicted octanol–water partition coefficient (Wildman–Crippen LogP) is 13.5. The minimum Gasteiger partial charge on any atom is -0.455 e. The van der Waals surface area contributed by atoms with Crippen LogP contribution in [0.5, 0.6) is 0 Å². The molecule has 0 aliphatic carbocycles. The van der Waals surface area contributed by atoms with Crippen molar-refractivity contribution in [1.82, 2.24) is 20.3 Å². The summed E-state index contributed by atoms with van der Waals surface area (Å²) in [6, 6.07) is 65.6. The summed E-state index contributed by atoms with van der Waals surface area (Å²) in [5.74, 6) is 2.35. The first-order valence-corrected chi connectivity index (χ1v) is 21.5. The number of benzene rings is 8. The van der Waals surface area contributed by atoms with Gasteiger partial charge in [0, 0.05) is 47.6 Å². The quantitative estimate of drug-likeness (QED) is 0.0853. The van der Waals surface area contributed by atoms with E-state index in [1.807, 2.05) is 121 Å². The Kier molecular flexibility index (Phi) is 9.69. The molecule has 0 bridgehead atoms. The number of nitrogens with zero attached hydrogens (tertiary/aromatic N) is 4. The molecular formula is C55H38N6OS. The number of nitrogens with two attached hydrogens (primary N) is 1. The molecule has 11 rings (SSSR count). The van der Waals surface area contributed by atoms with Crippen LogP contribution in [-0.2, 0) is 0 Å². The number of furan rings is 1. The Morgan fingerprint density at radius 2 is 1.16 bits per heavy atom. The molecule has 63 heavy (non-hydrogen) atoms. The van der Waals surface area contributed by atoms with E-state index in [2.05, 4.69) is 84.7 Å². The Hall–Kier alpha value is -8.04. The summed E-state index contributed by atoms with van der Waals surface area (Å²) in [7, 11) is 0. The highest BCUT2D eigenvalue weighted by atomic mass is 32.1. The summed E-state index contributed by atoms with van der Waals surface area (Å²) in [5.41, 5.74) is 16.5. The Morgan fingerprint density at radius 1 is 0.540 bits per heavy atom. The number of hydrogen-bond acceptors (Lipinski definition) is 7. The minimum absolute atomic E-state index is 0.541. The van der Waals surface area contributed by atoms with Gasteiger partial charge in [0.25, 0.3) is 0 Å². The van der Waals surface area contributed by atoms with Crippen LogP contribution < -0.4 is 11.1 Å². The highest BCUT2D eigenvalue weighted by Crippen LogP contribution is 2.43. The van der Waals surface area contributed by atoms with Gasteiger partial charge >= 0.3 is 0 Å². The van der Waals surface area contributed by atoms with Crippen LogP contribution in [0, 0.1) is 0 Å². The lowest BCUT2D eigenvalue weighted by molar-refractivity contribution is 0.669. The van der Waals surface area contributed by atoms with Crippen molar-refractivity contribution in [3.05, 3.63) is 217 Å². The zero-order valence-electron chi connectivity index (χ0n) is 33.9. The van der Waals surface area contributed by atoms with E-state index in [0.717, 1.165) is 76.5 Å². The number of aromatic nitrogens is 3. The van der Waals surface area contributed by atoms with E-state index in [4.69, 9.17) is 30.1 Å². The maximum atomic E-state index is 6.89. The number of thiophene rings is 1. The number of amidine groups is 1. The van der Waals surface area contributed by atoms with Gasteiger partial charge < -0.3 is 15.5 Å². The molecule has 7 nitrogen and oxygen atoms in total. The highest BCUT2D eigenvalue weighted by Gasteiger charge is 2.21. The van der Waals surface area contributed by atoms with Crippen molar-refractivity contribution in [2.75, 3.05) is 0 Å². The van der Waals surface area contributed by atoms with Gasteiger partial charge in [0.15, 0.2) is 17.5 Å². The van der Waals surface area contributed by atoms with Crippen molar-refractivity contribution in [3.8, 4) is 45.3 Å². The standard InChI is InChI=1S/C55H38N6OS/c1-34(35-16-5-2-6-17-35)57-52(38-18-7-3-8-19-38)58-51(56)37-30-28-36(29-31-37)40-32-45-42-23-12-14-27-48(42)63-50(45)46(33-40)55-60-53(39-20-9-4-10-21-39)59-54(61-55)44-25-15-24-43-41-22-11-13-26-47(41)62-49(43)44/h2-33,51H,1,56H2,(H,57,58)/t51-/m0/s1. The molecular weight excluding hydrogens is 793 g/mol. The first-order valence-electron chi connectivity index (χ1n) is 20.7. The normalized spacial score (nSPS) is 12.3. The third-order valence-electron chi connectivity index (χ3n) is 11.3. The summed E-state index contributed by atoms with van der Waals surface area (Å²) < 4.78 is 8.79. The summed E-state index contributed by atoms with van der Waals surface area (Å²) in [5, 5.41) is 7.85. The molecule has 0 radical (unpaired) electrons. The second kappa shape index (κ2) is 16.1. The molecule has 300 valence electrons. The Labute approximate surface area is 367 Å². The SMILES string of the molecule is C=C(N=C(N[C@H](N)c1ccc(-c2cc(-c3nc(-c4ccccc4)nc(-c4cccc5c4oc4ccccc45)n3)c3sc4ccccc4c3c2)cc1)c1ccccc1)c1ccccc1. The van der Waals surface area contributed by atoms with E-state index in [9.17, 15) is 0 Å². The highest BCUT2D eigenvalue weighted by molar-refractivity contribution is 7.26. The number of nitrogens with one attached hydrogen (secondary N) is 1. The largest absolute Gasteiger partial charge is 0.455 e. The van der Waals surface area contributed by atoms with Crippen LogP contribution in [0.2, 0.25) is 0 Å². The van der Waals surface area contributed by atoms with Crippen molar-refractivity contribution >= 4 is 65.0 Å². The van der Waals surface area contributed by atoms with E-state index in [0.29, 0.717) is 29.0 Å². The smallest absolute Gasteiger partial charge is 0.167 e. The zero-order valence-corrected chi connectivity index (χ0v) is 34.8. The fraction of sp³-hybridized carbons (Fsp3) is 0.0182. The van der Waals surface area contributed by atoms with Crippen molar-refractivity contribution in [1.29, 1.82) is 0 Å². The molecule has 8 aromatic carbocycles. The van der Waals surface area contributed by atoms with Gasteiger partial charge in [-0.25, -0.2) is 19.9 Å². The van der Waals surface area contributed by atoms with Crippen molar-refractivity contribution in [2.24, 2.45) is 10.7 Å². The second-order valence-electron chi connectivity index (χ2n) is 15.3. The van der Waals surface area contributed by atoms with Crippen LogP contribution in [-0.4, -0.2) is 20.8 Å². The average molecular weight is 831 g/mol. The van der Waals surface area contributed by atoms with Gasteiger partial charge in [0.1, 0.15) is 23.2 Å². The third kappa shape index (κ3) is 7.23. The number of para-hydroxylation sites is 2. The topological polar surface area (TPSA) is 102 Å². The Bertz CT molecular complexity index is 3510. The third-order valence-corrected chi connectivity index (χ3v) is 12.5. The Morgan fingerprint density at radius 3 is 1.92 bits per heavy atom. The maximum Gasteiger partial charge on any atom is 0.167 e. The van der Waals surface area contributed by atoms with E-state index >= 15 is 0 Å². The molecule has 3 heterocycles. The van der Waals surface area contributed by atoms with Gasteiger partial charge in [-0.2, -0.15) is 0 Å². The number of aliphatic imine (C=N–C) groups is 1. The van der Waals surface area contributed by atoms with Crippen LogP contribution in [0.3, 0.4) is 0 Å². The van der Waals surface area contributed by atoms with Gasteiger partial charge in [-0.3, -0.25) is 0 Å². The van der Waals surface area contributed by atoms with Gasteiger partial charge in [-0.15, -0.1) is 11.3 Å². The summed E-state index contributed by atoms with van der Waals surface area (Å²) in [6.07, 6.45) is -0.545. The lowest BCUT2D eigenvalue weighted by atomic mass is 9.97.